The van der Waals surface area contributed by atoms with E-state index in [1.165, 1.54) is 5.56 Å². The van der Waals surface area contributed by atoms with Gasteiger partial charge in [0.2, 0.25) is 0 Å². The van der Waals surface area contributed by atoms with Crippen molar-refractivity contribution in [3.63, 3.8) is 0 Å². The summed E-state index contributed by atoms with van der Waals surface area (Å²) < 4.78 is 5.56. The molecule has 0 saturated carbocycles. The van der Waals surface area contributed by atoms with Crippen LogP contribution in [0.2, 0.25) is 0 Å². The molecule has 1 N–H and O–H groups in total. The summed E-state index contributed by atoms with van der Waals surface area (Å²) in [6.45, 7) is 6.39. The molecule has 0 fully saturated rings. The predicted molar refractivity (Wildman–Crippen MR) is 79.2 cm³/mol. The van der Waals surface area contributed by atoms with E-state index in [1.807, 2.05) is 12.1 Å². The van der Waals surface area contributed by atoms with Crippen molar-refractivity contribution in [3.8, 4) is 0 Å². The number of aromatic amines is 1. The lowest BCUT2D eigenvalue weighted by Gasteiger charge is -2.11. The summed E-state index contributed by atoms with van der Waals surface area (Å²) in [6.07, 6.45) is 1.65. The molecule has 19 heavy (non-hydrogen) atoms. The fourth-order valence-corrected chi connectivity index (χ4v) is 2.43. The molecule has 0 amide bonds. The van der Waals surface area contributed by atoms with Crippen molar-refractivity contribution >= 4 is 29.1 Å². The van der Waals surface area contributed by atoms with Crippen LogP contribution in [0.25, 0.3) is 10.9 Å². The highest BCUT2D eigenvalue weighted by molar-refractivity contribution is 7.71. The maximum absolute atomic E-state index is 11.8. The van der Waals surface area contributed by atoms with E-state index in [1.54, 1.807) is 13.1 Å². The molecule has 0 aliphatic carbocycles. The Kier molecular flexibility index (Phi) is 4.00. The van der Waals surface area contributed by atoms with E-state index in [0.717, 1.165) is 10.9 Å². The largest absolute Gasteiger partial charge is 0.462 e. The fourth-order valence-electron chi connectivity index (χ4n) is 2.12. The lowest BCUT2D eigenvalue weighted by Crippen LogP contribution is -2.06. The second kappa shape index (κ2) is 5.53. The molecule has 0 saturated heterocycles. The average molecular weight is 275 g/mol. The molecule has 0 aliphatic heterocycles. The van der Waals surface area contributed by atoms with Gasteiger partial charge >= 0.3 is 5.97 Å². The Hall–Kier alpha value is -1.68. The third kappa shape index (κ3) is 2.54. The van der Waals surface area contributed by atoms with Crippen LogP contribution in [0.15, 0.2) is 24.4 Å². The van der Waals surface area contributed by atoms with Gasteiger partial charge < -0.3 is 9.72 Å². The van der Waals surface area contributed by atoms with E-state index >= 15 is 0 Å². The molecule has 1 aromatic carbocycles. The van der Waals surface area contributed by atoms with Crippen molar-refractivity contribution in [1.29, 1.82) is 0 Å². The number of carbonyl (C=O) groups excluding carboxylic acids is 1. The maximum Gasteiger partial charge on any atom is 0.341 e. The number of nitrogens with one attached hydrogen (secondary N) is 1. The monoisotopic (exact) mass is 275 g/mol. The van der Waals surface area contributed by atoms with Gasteiger partial charge in [-0.2, -0.15) is 0 Å². The summed E-state index contributed by atoms with van der Waals surface area (Å²) in [7, 11) is 0. The molecule has 0 bridgehead atoms. The normalized spacial score (nSPS) is 10.9. The molecule has 0 atom stereocenters. The Balaban J connectivity index is 2.67. The van der Waals surface area contributed by atoms with Crippen molar-refractivity contribution in [2.75, 3.05) is 6.61 Å². The SMILES string of the molecule is CCOC(=O)c1c[nH]c2c(C(C)C)cccc2c1=S. The number of hydrogen-bond acceptors (Lipinski definition) is 3. The van der Waals surface area contributed by atoms with E-state index in [-0.39, 0.29) is 5.97 Å². The first-order valence-electron chi connectivity index (χ1n) is 6.37. The Morgan fingerprint density at radius 3 is 2.79 bits per heavy atom. The Bertz CT molecular complexity index is 673. The number of hydrogen-bond donors (Lipinski definition) is 1. The Labute approximate surface area is 117 Å². The van der Waals surface area contributed by atoms with Crippen LogP contribution >= 0.6 is 12.2 Å². The van der Waals surface area contributed by atoms with E-state index in [0.29, 0.717) is 22.6 Å². The molecule has 4 heteroatoms. The molecule has 3 nitrogen and oxygen atoms in total. The van der Waals surface area contributed by atoms with Crippen LogP contribution in [0, 0.1) is 4.51 Å². The second-order valence-electron chi connectivity index (χ2n) is 4.68. The highest BCUT2D eigenvalue weighted by atomic mass is 32.1. The highest BCUT2D eigenvalue weighted by Gasteiger charge is 2.13. The smallest absolute Gasteiger partial charge is 0.341 e. The van der Waals surface area contributed by atoms with Gasteiger partial charge in [-0.3, -0.25) is 0 Å². The molecule has 0 spiro atoms. The van der Waals surface area contributed by atoms with Crippen molar-refractivity contribution in [2.45, 2.75) is 26.7 Å². The molecule has 1 heterocycles. The van der Waals surface area contributed by atoms with Gasteiger partial charge in [0.25, 0.3) is 0 Å². The number of fused-ring (bicyclic) bond motifs is 1. The van der Waals surface area contributed by atoms with Gasteiger partial charge in [-0.1, -0.05) is 44.3 Å². The van der Waals surface area contributed by atoms with Gasteiger partial charge in [0.15, 0.2) is 0 Å². The van der Waals surface area contributed by atoms with Crippen molar-refractivity contribution < 1.29 is 9.53 Å². The summed E-state index contributed by atoms with van der Waals surface area (Å²) in [5.74, 6) is 0.0170. The van der Waals surface area contributed by atoms with E-state index in [4.69, 9.17) is 17.0 Å². The first-order chi connectivity index (χ1) is 9.06. The zero-order valence-corrected chi connectivity index (χ0v) is 12.1. The van der Waals surface area contributed by atoms with Crippen molar-refractivity contribution in [3.05, 3.63) is 40.0 Å². The molecule has 2 rings (SSSR count). The molecule has 1 aromatic heterocycles. The van der Waals surface area contributed by atoms with E-state index < -0.39 is 0 Å². The zero-order valence-electron chi connectivity index (χ0n) is 11.3. The van der Waals surface area contributed by atoms with E-state index in [2.05, 4.69) is 24.9 Å². The number of aromatic nitrogens is 1. The number of ether oxygens (including phenoxy) is 1. The first-order valence-corrected chi connectivity index (χ1v) is 6.78. The summed E-state index contributed by atoms with van der Waals surface area (Å²) in [4.78, 5) is 15.0. The number of H-pyrrole nitrogens is 1. The van der Waals surface area contributed by atoms with Gasteiger partial charge in [-0.25, -0.2) is 4.79 Å². The quantitative estimate of drug-likeness (QED) is 0.674. The minimum atomic E-state index is -0.374. The average Bonchev–Trinajstić information content (AvgIpc) is 2.38. The number of esters is 1. The summed E-state index contributed by atoms with van der Waals surface area (Å²) in [6, 6.07) is 5.97. The summed E-state index contributed by atoms with van der Waals surface area (Å²) in [5, 5.41) is 0.895. The topological polar surface area (TPSA) is 42.1 Å². The van der Waals surface area contributed by atoms with Crippen LogP contribution in [0.4, 0.5) is 0 Å². The molecule has 0 aliphatic rings. The molecular formula is C15H17NO2S. The molecule has 100 valence electrons. The van der Waals surface area contributed by atoms with Crippen LogP contribution in [0.3, 0.4) is 0 Å². The Morgan fingerprint density at radius 2 is 2.16 bits per heavy atom. The molecule has 0 unspecified atom stereocenters. The van der Waals surface area contributed by atoms with Crippen LogP contribution in [0.5, 0.6) is 0 Å². The van der Waals surface area contributed by atoms with Gasteiger partial charge in [0.05, 0.1) is 22.2 Å². The van der Waals surface area contributed by atoms with Crippen LogP contribution in [0.1, 0.15) is 42.6 Å². The lowest BCUT2D eigenvalue weighted by atomic mass is 9.99. The summed E-state index contributed by atoms with van der Waals surface area (Å²) >= 11 is 5.41. The van der Waals surface area contributed by atoms with E-state index in [9.17, 15) is 4.79 Å². The number of carbonyl (C=O) groups is 1. The minimum absolute atomic E-state index is 0.345. The Morgan fingerprint density at radius 1 is 1.42 bits per heavy atom. The highest BCUT2D eigenvalue weighted by Crippen LogP contribution is 2.25. The van der Waals surface area contributed by atoms with Crippen LogP contribution in [-0.2, 0) is 4.74 Å². The molecule has 2 aromatic rings. The van der Waals surface area contributed by atoms with Crippen molar-refractivity contribution in [1.82, 2.24) is 4.98 Å². The molecular weight excluding hydrogens is 258 g/mol. The summed E-state index contributed by atoms with van der Waals surface area (Å²) in [5.41, 5.74) is 2.61. The number of rotatable bonds is 3. The fraction of sp³-hybridized carbons (Fsp3) is 0.333. The lowest BCUT2D eigenvalue weighted by molar-refractivity contribution is 0.0525. The van der Waals surface area contributed by atoms with Gasteiger partial charge in [0.1, 0.15) is 0 Å². The van der Waals surface area contributed by atoms with Crippen LogP contribution < -0.4 is 0 Å². The number of para-hydroxylation sites is 1. The zero-order chi connectivity index (χ0) is 14.0. The molecule has 0 radical (unpaired) electrons. The second-order valence-corrected chi connectivity index (χ2v) is 5.08. The maximum atomic E-state index is 11.8. The number of benzene rings is 1. The first kappa shape index (κ1) is 13.7. The van der Waals surface area contributed by atoms with Gasteiger partial charge in [0, 0.05) is 11.6 Å². The van der Waals surface area contributed by atoms with Crippen LogP contribution in [-0.4, -0.2) is 17.6 Å². The minimum Gasteiger partial charge on any atom is -0.462 e. The predicted octanol–water partition coefficient (Wildman–Crippen LogP) is 4.20. The standard InChI is InChI=1S/C15H17NO2S/c1-4-18-15(17)12-8-16-13-10(9(2)3)6-5-7-11(13)14(12)19/h5-9H,4H2,1-3H3,(H,16,19). The number of pyridine rings is 1. The van der Waals surface area contributed by atoms with Crippen molar-refractivity contribution in [2.24, 2.45) is 0 Å². The van der Waals surface area contributed by atoms with Gasteiger partial charge in [-0.05, 0) is 18.4 Å². The third-order valence-electron chi connectivity index (χ3n) is 3.06. The van der Waals surface area contributed by atoms with Gasteiger partial charge in [-0.15, -0.1) is 0 Å². The third-order valence-corrected chi connectivity index (χ3v) is 3.50.